The minimum absolute atomic E-state index is 0.0991. The lowest BCUT2D eigenvalue weighted by Crippen LogP contribution is -2.37. The number of hydrogen-bond acceptors (Lipinski definition) is 3. The lowest BCUT2D eigenvalue weighted by atomic mass is 10.0. The minimum Gasteiger partial charge on any atom is -0.352 e. The summed E-state index contributed by atoms with van der Waals surface area (Å²) in [6, 6.07) is 20.3. The van der Waals surface area contributed by atoms with Gasteiger partial charge in [-0.1, -0.05) is 67.6 Å². The van der Waals surface area contributed by atoms with Gasteiger partial charge in [-0.05, 0) is 34.6 Å². The first-order chi connectivity index (χ1) is 14.1. The Hall–Kier alpha value is -3.12. The van der Waals surface area contributed by atoms with Crippen LogP contribution >= 0.6 is 11.3 Å². The van der Waals surface area contributed by atoms with Crippen molar-refractivity contribution in [3.8, 4) is 0 Å². The summed E-state index contributed by atoms with van der Waals surface area (Å²) in [5.74, 6) is -0.162. The van der Waals surface area contributed by atoms with Gasteiger partial charge in [0.1, 0.15) is 0 Å². The Labute approximate surface area is 175 Å². The fourth-order valence-corrected chi connectivity index (χ4v) is 4.04. The van der Waals surface area contributed by atoms with Gasteiger partial charge in [-0.25, -0.2) is 4.79 Å². The smallest absolute Gasteiger partial charge is 0.312 e. The van der Waals surface area contributed by atoms with Crippen LogP contribution in [0.5, 0.6) is 0 Å². The molecule has 0 aliphatic carbocycles. The molecule has 0 saturated carbocycles. The van der Waals surface area contributed by atoms with Crippen molar-refractivity contribution in [1.82, 2.24) is 10.6 Å². The lowest BCUT2D eigenvalue weighted by molar-refractivity contribution is -0.122. The molecular weight excluding hydrogens is 382 g/mol. The molecule has 0 radical (unpaired) electrons. The highest BCUT2D eigenvalue weighted by Gasteiger charge is 2.22. The summed E-state index contributed by atoms with van der Waals surface area (Å²) in [5.41, 5.74) is 8.43. The van der Waals surface area contributed by atoms with Gasteiger partial charge in [-0.15, -0.1) is 11.3 Å². The number of nitrogens with two attached hydrogens (primary N) is 1. The van der Waals surface area contributed by atoms with E-state index in [9.17, 15) is 9.59 Å². The maximum atomic E-state index is 12.9. The Balaban J connectivity index is 1.79. The fourth-order valence-electron chi connectivity index (χ4n) is 3.23. The molecule has 0 aliphatic rings. The van der Waals surface area contributed by atoms with E-state index < -0.39 is 12.1 Å². The zero-order valence-corrected chi connectivity index (χ0v) is 17.1. The predicted molar refractivity (Wildman–Crippen MR) is 117 cm³/mol. The van der Waals surface area contributed by atoms with Crippen molar-refractivity contribution in [3.63, 3.8) is 0 Å². The second-order valence-corrected chi connectivity index (χ2v) is 7.77. The topological polar surface area (TPSA) is 84.2 Å². The summed E-state index contributed by atoms with van der Waals surface area (Å²) in [6.07, 6.45) is 1.07. The number of carbonyl (C=O) groups excluding carboxylic acids is 2. The second kappa shape index (κ2) is 9.89. The molecule has 150 valence electrons. The number of urea groups is 1. The maximum absolute atomic E-state index is 12.9. The second-order valence-electron chi connectivity index (χ2n) is 6.79. The Morgan fingerprint density at radius 1 is 0.931 bits per heavy atom. The van der Waals surface area contributed by atoms with Crippen LogP contribution in [0.3, 0.4) is 0 Å². The van der Waals surface area contributed by atoms with Crippen molar-refractivity contribution in [2.75, 3.05) is 0 Å². The highest BCUT2D eigenvalue weighted by atomic mass is 32.1. The molecule has 0 unspecified atom stereocenters. The first-order valence-corrected chi connectivity index (χ1v) is 10.5. The van der Waals surface area contributed by atoms with Crippen LogP contribution in [0.25, 0.3) is 0 Å². The molecule has 1 aromatic heterocycles. The van der Waals surface area contributed by atoms with Gasteiger partial charge >= 0.3 is 6.03 Å². The molecule has 0 aliphatic heterocycles. The summed E-state index contributed by atoms with van der Waals surface area (Å²) >= 11 is 1.60. The van der Waals surface area contributed by atoms with Gasteiger partial charge in [0.2, 0.25) is 5.91 Å². The van der Waals surface area contributed by atoms with Gasteiger partial charge < -0.3 is 16.4 Å². The number of hydrogen-bond donors (Lipinski definition) is 3. The fraction of sp³-hybridized carbons (Fsp3) is 0.217. The first-order valence-electron chi connectivity index (χ1n) is 9.59. The molecule has 0 spiro atoms. The normalized spacial score (nSPS) is 12.7. The standard InChI is InChI=1S/C23H25N3O2S/c1-2-16-10-12-18(13-11-16)22(20-9-6-14-29-20)26-21(27)15-19(25-23(24)28)17-7-4-3-5-8-17/h3-14,19,22H,2,15H2,1H3,(H,26,27)(H3,24,25,28)/t19-,22+/m0/s1. The minimum atomic E-state index is -0.656. The van der Waals surface area contributed by atoms with Crippen LogP contribution in [0.4, 0.5) is 4.79 Å². The zero-order chi connectivity index (χ0) is 20.6. The molecule has 6 heteroatoms. The maximum Gasteiger partial charge on any atom is 0.312 e. The summed E-state index contributed by atoms with van der Waals surface area (Å²) in [4.78, 5) is 25.4. The van der Waals surface area contributed by atoms with Crippen LogP contribution < -0.4 is 16.4 Å². The van der Waals surface area contributed by atoms with Gasteiger partial charge in [-0.3, -0.25) is 4.79 Å². The molecule has 5 nitrogen and oxygen atoms in total. The Bertz CT molecular complexity index is 925. The molecule has 2 aromatic carbocycles. The number of amides is 3. The predicted octanol–water partition coefficient (Wildman–Crippen LogP) is 4.32. The molecule has 3 aromatic rings. The Kier molecular flexibility index (Phi) is 7.03. The molecule has 3 rings (SSSR count). The third kappa shape index (κ3) is 5.68. The molecule has 4 N–H and O–H groups in total. The van der Waals surface area contributed by atoms with Crippen LogP contribution in [-0.4, -0.2) is 11.9 Å². The third-order valence-electron chi connectivity index (χ3n) is 4.76. The largest absolute Gasteiger partial charge is 0.352 e. The average molecular weight is 408 g/mol. The molecule has 0 bridgehead atoms. The Morgan fingerprint density at radius 2 is 1.66 bits per heavy atom. The molecule has 2 atom stereocenters. The highest BCUT2D eigenvalue weighted by molar-refractivity contribution is 7.10. The van der Waals surface area contributed by atoms with Crippen molar-refractivity contribution < 1.29 is 9.59 Å². The number of aryl methyl sites for hydroxylation is 1. The summed E-state index contributed by atoms with van der Waals surface area (Å²) in [5, 5.41) is 7.79. The van der Waals surface area contributed by atoms with Crippen LogP contribution in [-0.2, 0) is 11.2 Å². The van der Waals surface area contributed by atoms with Gasteiger partial charge in [-0.2, -0.15) is 0 Å². The summed E-state index contributed by atoms with van der Waals surface area (Å²) in [7, 11) is 0. The third-order valence-corrected chi connectivity index (χ3v) is 5.70. The number of carbonyl (C=O) groups is 2. The SMILES string of the molecule is CCc1ccc([C@@H](NC(=O)C[C@H](NC(N)=O)c2ccccc2)c2cccs2)cc1. The molecule has 29 heavy (non-hydrogen) atoms. The van der Waals surface area contributed by atoms with E-state index in [1.807, 2.05) is 47.8 Å². The van der Waals surface area contributed by atoms with E-state index in [0.29, 0.717) is 0 Å². The molecule has 1 heterocycles. The lowest BCUT2D eigenvalue weighted by Gasteiger charge is -2.22. The summed E-state index contributed by atoms with van der Waals surface area (Å²) in [6.45, 7) is 2.11. The van der Waals surface area contributed by atoms with Crippen molar-refractivity contribution in [2.24, 2.45) is 5.73 Å². The van der Waals surface area contributed by atoms with Crippen LogP contribution in [0.1, 0.15) is 47.0 Å². The van der Waals surface area contributed by atoms with Crippen LogP contribution in [0.2, 0.25) is 0 Å². The summed E-state index contributed by atoms with van der Waals surface area (Å²) < 4.78 is 0. The molecular formula is C23H25N3O2S. The van der Waals surface area contributed by atoms with E-state index in [1.165, 1.54) is 5.56 Å². The van der Waals surface area contributed by atoms with E-state index in [-0.39, 0.29) is 18.4 Å². The highest BCUT2D eigenvalue weighted by Crippen LogP contribution is 2.27. The average Bonchev–Trinajstić information content (AvgIpc) is 3.26. The Morgan fingerprint density at radius 3 is 2.24 bits per heavy atom. The van der Waals surface area contributed by atoms with E-state index in [2.05, 4.69) is 41.8 Å². The van der Waals surface area contributed by atoms with E-state index >= 15 is 0 Å². The zero-order valence-electron chi connectivity index (χ0n) is 16.3. The number of rotatable bonds is 8. The molecule has 0 saturated heterocycles. The molecule has 0 fully saturated rings. The van der Waals surface area contributed by atoms with Gasteiger partial charge in [0.25, 0.3) is 0 Å². The number of thiophene rings is 1. The van der Waals surface area contributed by atoms with Gasteiger partial charge in [0.15, 0.2) is 0 Å². The number of primary amides is 1. The quantitative estimate of drug-likeness (QED) is 0.520. The van der Waals surface area contributed by atoms with Crippen LogP contribution in [0.15, 0.2) is 72.1 Å². The molecule has 3 amide bonds. The van der Waals surface area contributed by atoms with Crippen molar-refractivity contribution in [1.29, 1.82) is 0 Å². The van der Waals surface area contributed by atoms with E-state index in [0.717, 1.165) is 22.4 Å². The number of benzene rings is 2. The number of nitrogens with one attached hydrogen (secondary N) is 2. The van der Waals surface area contributed by atoms with Crippen molar-refractivity contribution >= 4 is 23.3 Å². The van der Waals surface area contributed by atoms with Gasteiger partial charge in [0, 0.05) is 4.88 Å². The van der Waals surface area contributed by atoms with Crippen LogP contribution in [0, 0.1) is 0 Å². The van der Waals surface area contributed by atoms with Gasteiger partial charge in [0.05, 0.1) is 18.5 Å². The van der Waals surface area contributed by atoms with E-state index in [1.54, 1.807) is 11.3 Å². The van der Waals surface area contributed by atoms with E-state index in [4.69, 9.17) is 5.73 Å². The first kappa shape index (κ1) is 20.6. The monoisotopic (exact) mass is 407 g/mol. The van der Waals surface area contributed by atoms with Crippen molar-refractivity contribution in [3.05, 3.63) is 93.7 Å². The van der Waals surface area contributed by atoms with Crippen molar-refractivity contribution in [2.45, 2.75) is 31.8 Å².